The van der Waals surface area contributed by atoms with Gasteiger partial charge in [-0.2, -0.15) is 17.9 Å². The Hall–Kier alpha value is -3.37. The van der Waals surface area contributed by atoms with E-state index in [4.69, 9.17) is 5.11 Å². The van der Waals surface area contributed by atoms with Crippen LogP contribution in [0.4, 0.5) is 26.3 Å². The van der Waals surface area contributed by atoms with E-state index < -0.39 is 46.4 Å². The molecule has 2 N–H and O–H groups in total. The van der Waals surface area contributed by atoms with E-state index in [1.807, 2.05) is 0 Å². The lowest BCUT2D eigenvalue weighted by Crippen LogP contribution is -2.17. The Kier molecular flexibility index (Phi) is 4.40. The SMILES string of the molecule is O=C(O)c1cc2c(C(F)(F)F)cc(-c3ccccc3OC(F)(F)F)cc2n1O. The van der Waals surface area contributed by atoms with Crippen molar-refractivity contribution >= 4 is 16.9 Å². The average Bonchev–Trinajstić information content (AvgIpc) is 2.89. The van der Waals surface area contributed by atoms with Crippen LogP contribution in [0.3, 0.4) is 0 Å². The molecule has 0 aliphatic heterocycles. The molecule has 3 aromatic rings. The van der Waals surface area contributed by atoms with Crippen LogP contribution in [0.5, 0.6) is 5.75 Å². The van der Waals surface area contributed by atoms with E-state index in [0.29, 0.717) is 12.1 Å². The Labute approximate surface area is 151 Å². The van der Waals surface area contributed by atoms with E-state index in [9.17, 15) is 36.3 Å². The summed E-state index contributed by atoms with van der Waals surface area (Å²) >= 11 is 0. The van der Waals surface area contributed by atoms with Crippen molar-refractivity contribution < 1.29 is 46.2 Å². The first-order valence-corrected chi connectivity index (χ1v) is 7.43. The smallest absolute Gasteiger partial charge is 0.476 e. The fourth-order valence-corrected chi connectivity index (χ4v) is 2.75. The zero-order chi connectivity index (χ0) is 20.9. The van der Waals surface area contributed by atoms with E-state index in [1.165, 1.54) is 12.1 Å². The number of hydrogen-bond donors (Lipinski definition) is 2. The maximum absolute atomic E-state index is 13.5. The molecule has 3 rings (SSSR count). The highest BCUT2D eigenvalue weighted by molar-refractivity contribution is 5.97. The molecule has 0 saturated carbocycles. The zero-order valence-corrected chi connectivity index (χ0v) is 13.5. The molecule has 0 radical (unpaired) electrons. The lowest BCUT2D eigenvalue weighted by atomic mass is 9.99. The van der Waals surface area contributed by atoms with Crippen molar-refractivity contribution in [3.8, 4) is 16.9 Å². The quantitative estimate of drug-likeness (QED) is 0.466. The lowest BCUT2D eigenvalue weighted by Gasteiger charge is -2.15. The van der Waals surface area contributed by atoms with Crippen molar-refractivity contribution in [3.05, 3.63) is 53.7 Å². The molecule has 2 aromatic carbocycles. The summed E-state index contributed by atoms with van der Waals surface area (Å²) in [6.07, 6.45) is -10.0. The van der Waals surface area contributed by atoms with Crippen molar-refractivity contribution in [1.29, 1.82) is 0 Å². The summed E-state index contributed by atoms with van der Waals surface area (Å²) in [6, 6.07) is 6.64. The molecule has 28 heavy (non-hydrogen) atoms. The van der Waals surface area contributed by atoms with Crippen LogP contribution in [0.1, 0.15) is 16.1 Å². The molecule has 0 aliphatic rings. The number of alkyl halides is 6. The third kappa shape index (κ3) is 3.55. The minimum atomic E-state index is -5.08. The van der Waals surface area contributed by atoms with Gasteiger partial charge in [-0.15, -0.1) is 13.2 Å². The van der Waals surface area contributed by atoms with Gasteiger partial charge in [0.05, 0.1) is 11.1 Å². The van der Waals surface area contributed by atoms with Gasteiger partial charge in [0, 0.05) is 10.9 Å². The first kappa shape index (κ1) is 19.4. The Morgan fingerprint density at radius 2 is 1.64 bits per heavy atom. The van der Waals surface area contributed by atoms with Gasteiger partial charge in [0.15, 0.2) is 5.69 Å². The van der Waals surface area contributed by atoms with Crippen LogP contribution in [-0.4, -0.2) is 27.4 Å². The second kappa shape index (κ2) is 6.36. The first-order valence-electron chi connectivity index (χ1n) is 7.43. The van der Waals surface area contributed by atoms with Crippen LogP contribution >= 0.6 is 0 Å². The van der Waals surface area contributed by atoms with Gasteiger partial charge in [-0.25, -0.2) is 4.79 Å². The number of aromatic nitrogens is 1. The molecular formula is C17H9F6NO4. The molecule has 0 amide bonds. The molecule has 0 fully saturated rings. The molecular weight excluding hydrogens is 396 g/mol. The lowest BCUT2D eigenvalue weighted by molar-refractivity contribution is -0.274. The van der Waals surface area contributed by atoms with Crippen molar-refractivity contribution in [1.82, 2.24) is 4.73 Å². The van der Waals surface area contributed by atoms with E-state index in [0.717, 1.165) is 18.2 Å². The van der Waals surface area contributed by atoms with Crippen LogP contribution in [0.25, 0.3) is 22.0 Å². The first-order chi connectivity index (χ1) is 12.9. The van der Waals surface area contributed by atoms with E-state index in [-0.39, 0.29) is 15.9 Å². The van der Waals surface area contributed by atoms with Crippen LogP contribution in [0.15, 0.2) is 42.5 Å². The number of ether oxygens (including phenoxy) is 1. The molecule has 1 aromatic heterocycles. The largest absolute Gasteiger partial charge is 0.573 e. The number of halogens is 6. The summed E-state index contributed by atoms with van der Waals surface area (Å²) in [7, 11) is 0. The van der Waals surface area contributed by atoms with Gasteiger partial charge in [-0.05, 0) is 29.8 Å². The van der Waals surface area contributed by atoms with Gasteiger partial charge in [0.2, 0.25) is 0 Å². The van der Waals surface area contributed by atoms with E-state index in [2.05, 4.69) is 4.74 Å². The average molecular weight is 405 g/mol. The zero-order valence-electron chi connectivity index (χ0n) is 13.5. The second-order valence-corrected chi connectivity index (χ2v) is 5.64. The minimum Gasteiger partial charge on any atom is -0.476 e. The number of carboxylic acids is 1. The molecule has 0 spiro atoms. The van der Waals surface area contributed by atoms with Gasteiger partial charge in [-0.1, -0.05) is 18.2 Å². The molecule has 5 nitrogen and oxygen atoms in total. The fourth-order valence-electron chi connectivity index (χ4n) is 2.75. The molecule has 0 atom stereocenters. The predicted molar refractivity (Wildman–Crippen MR) is 83.2 cm³/mol. The highest BCUT2D eigenvalue weighted by atomic mass is 19.4. The fraction of sp³-hybridized carbons (Fsp3) is 0.118. The highest BCUT2D eigenvalue weighted by Crippen LogP contribution is 2.41. The van der Waals surface area contributed by atoms with Crippen LogP contribution in [-0.2, 0) is 6.18 Å². The Morgan fingerprint density at radius 1 is 1.00 bits per heavy atom. The molecule has 0 saturated heterocycles. The van der Waals surface area contributed by atoms with Gasteiger partial charge in [0.1, 0.15) is 5.75 Å². The predicted octanol–water partition coefficient (Wildman–Crippen LogP) is 5.16. The van der Waals surface area contributed by atoms with Crippen molar-refractivity contribution in [3.63, 3.8) is 0 Å². The van der Waals surface area contributed by atoms with E-state index >= 15 is 0 Å². The molecule has 1 heterocycles. The second-order valence-electron chi connectivity index (χ2n) is 5.64. The topological polar surface area (TPSA) is 71.7 Å². The normalized spacial score (nSPS) is 12.4. The number of para-hydroxylation sites is 1. The van der Waals surface area contributed by atoms with Crippen LogP contribution < -0.4 is 4.74 Å². The summed E-state index contributed by atoms with van der Waals surface area (Å²) in [4.78, 5) is 11.1. The Morgan fingerprint density at radius 3 is 2.21 bits per heavy atom. The monoisotopic (exact) mass is 405 g/mol. The third-order valence-electron chi connectivity index (χ3n) is 3.84. The molecule has 0 unspecified atom stereocenters. The Balaban J connectivity index is 2.32. The van der Waals surface area contributed by atoms with Crippen molar-refractivity contribution in [2.45, 2.75) is 12.5 Å². The standard InChI is InChI=1S/C17H9F6NO4/c18-16(19,20)11-5-8(6-12-10(11)7-13(15(25)26)24(12)27)9-3-1-2-4-14(9)28-17(21,22)23/h1-7,27H,(H,25,26). The number of aromatic carboxylic acids is 1. The summed E-state index contributed by atoms with van der Waals surface area (Å²) in [5.41, 5.74) is -3.38. The number of carbonyl (C=O) groups is 1. The maximum Gasteiger partial charge on any atom is 0.573 e. The number of nitrogens with zero attached hydrogens (tertiary/aromatic N) is 1. The Bertz CT molecular complexity index is 1070. The maximum atomic E-state index is 13.5. The van der Waals surface area contributed by atoms with Crippen molar-refractivity contribution in [2.24, 2.45) is 0 Å². The van der Waals surface area contributed by atoms with E-state index in [1.54, 1.807) is 0 Å². The summed E-state index contributed by atoms with van der Waals surface area (Å²) in [6.45, 7) is 0. The third-order valence-corrected chi connectivity index (χ3v) is 3.84. The number of rotatable bonds is 3. The van der Waals surface area contributed by atoms with Crippen molar-refractivity contribution in [2.75, 3.05) is 0 Å². The molecule has 0 aliphatic carbocycles. The van der Waals surface area contributed by atoms with Gasteiger partial charge in [-0.3, -0.25) is 0 Å². The number of carboxylic acid groups (broad SMARTS) is 1. The van der Waals surface area contributed by atoms with Gasteiger partial charge >= 0.3 is 18.5 Å². The molecule has 148 valence electrons. The summed E-state index contributed by atoms with van der Waals surface area (Å²) in [5.74, 6) is -2.44. The molecule has 0 bridgehead atoms. The van der Waals surface area contributed by atoms with Gasteiger partial charge < -0.3 is 15.1 Å². The van der Waals surface area contributed by atoms with Crippen LogP contribution in [0.2, 0.25) is 0 Å². The van der Waals surface area contributed by atoms with Gasteiger partial charge in [0.25, 0.3) is 0 Å². The molecule has 11 heteroatoms. The van der Waals surface area contributed by atoms with Crippen LogP contribution in [0, 0.1) is 0 Å². The number of hydrogen-bond acceptors (Lipinski definition) is 3. The number of benzene rings is 2. The highest BCUT2D eigenvalue weighted by Gasteiger charge is 2.36. The summed E-state index contributed by atoms with van der Waals surface area (Å²) in [5, 5.41) is 18.3. The minimum absolute atomic E-state index is 0.0314. The summed E-state index contributed by atoms with van der Waals surface area (Å²) < 4.78 is 82.1. The number of fused-ring (bicyclic) bond motifs is 1.